The molecule has 0 aromatic carbocycles. The average molecular weight is 162 g/mol. The summed E-state index contributed by atoms with van der Waals surface area (Å²) in [5.41, 5.74) is 2.76. The van der Waals surface area contributed by atoms with Crippen molar-refractivity contribution in [2.24, 2.45) is 0 Å². The van der Waals surface area contributed by atoms with E-state index in [1.807, 2.05) is 12.3 Å². The summed E-state index contributed by atoms with van der Waals surface area (Å²) in [5.74, 6) is 0. The summed E-state index contributed by atoms with van der Waals surface area (Å²) in [4.78, 5) is 4.15. The van der Waals surface area contributed by atoms with Gasteiger partial charge in [0.1, 0.15) is 5.52 Å². The van der Waals surface area contributed by atoms with Crippen molar-refractivity contribution in [3.63, 3.8) is 0 Å². The van der Waals surface area contributed by atoms with Crippen LogP contribution in [0.4, 0.5) is 0 Å². The van der Waals surface area contributed by atoms with Crippen molar-refractivity contribution in [3.8, 4) is 0 Å². The molecule has 0 aliphatic heterocycles. The molecule has 0 fully saturated rings. The summed E-state index contributed by atoms with van der Waals surface area (Å²) in [6.45, 7) is 2.15. The molecule has 0 atom stereocenters. The minimum atomic E-state index is 0.690. The van der Waals surface area contributed by atoms with Gasteiger partial charge in [0.15, 0.2) is 0 Å². The lowest BCUT2D eigenvalue weighted by atomic mass is 10.2. The molecule has 2 aromatic rings. The van der Waals surface area contributed by atoms with E-state index in [4.69, 9.17) is 0 Å². The molecule has 0 unspecified atom stereocenters. The maximum atomic E-state index is 4.15. The fourth-order valence-electron chi connectivity index (χ4n) is 1.21. The van der Waals surface area contributed by atoms with E-state index in [1.54, 1.807) is 0 Å². The first-order valence-corrected chi connectivity index (χ1v) is 4.05. The molecule has 0 saturated carbocycles. The van der Waals surface area contributed by atoms with E-state index < -0.39 is 0 Å². The van der Waals surface area contributed by atoms with Crippen molar-refractivity contribution >= 4 is 11.2 Å². The quantitative estimate of drug-likeness (QED) is 0.724. The van der Waals surface area contributed by atoms with Gasteiger partial charge in [0.05, 0.1) is 0 Å². The van der Waals surface area contributed by atoms with E-state index in [1.165, 1.54) is 5.56 Å². The number of H-pyrrole nitrogens is 1. The number of hydrogen-bond donors (Lipinski definition) is 1. The van der Waals surface area contributed by atoms with Crippen molar-refractivity contribution < 1.29 is 0 Å². The maximum Gasteiger partial charge on any atom is 0.201 e. The fourth-order valence-corrected chi connectivity index (χ4v) is 1.21. The molecule has 4 heteroatoms. The van der Waals surface area contributed by atoms with E-state index >= 15 is 0 Å². The molecule has 2 rings (SSSR count). The van der Waals surface area contributed by atoms with Crippen LogP contribution in [0, 0.1) is 0 Å². The van der Waals surface area contributed by atoms with Crippen LogP contribution in [0.25, 0.3) is 11.2 Å². The van der Waals surface area contributed by atoms with Crippen molar-refractivity contribution in [1.29, 1.82) is 0 Å². The number of aromatic nitrogens is 4. The second-order valence-corrected chi connectivity index (χ2v) is 2.76. The number of nitrogens with one attached hydrogen (secondary N) is 1. The number of aryl methyl sites for hydroxylation is 1. The molecule has 1 N–H and O–H groups in total. The number of aromatic amines is 1. The second-order valence-electron chi connectivity index (χ2n) is 2.76. The first kappa shape index (κ1) is 7.21. The summed E-state index contributed by atoms with van der Waals surface area (Å²) in [7, 11) is 0. The minimum absolute atomic E-state index is 0.690. The normalized spacial score (nSPS) is 10.8. The van der Waals surface area contributed by atoms with Gasteiger partial charge in [-0.25, -0.2) is 4.98 Å². The van der Waals surface area contributed by atoms with Crippen molar-refractivity contribution in [2.75, 3.05) is 0 Å². The summed E-state index contributed by atoms with van der Waals surface area (Å²) < 4.78 is 0. The third-order valence-electron chi connectivity index (χ3n) is 1.77. The number of fused-ring (bicyclic) bond motifs is 1. The van der Waals surface area contributed by atoms with Gasteiger partial charge in [0.2, 0.25) is 5.65 Å². The highest BCUT2D eigenvalue weighted by Crippen LogP contribution is 2.08. The lowest BCUT2D eigenvalue weighted by Gasteiger charge is -1.94. The van der Waals surface area contributed by atoms with Gasteiger partial charge in [-0.15, -0.1) is 5.10 Å². The highest BCUT2D eigenvalue weighted by molar-refractivity contribution is 5.68. The zero-order valence-corrected chi connectivity index (χ0v) is 6.91. The van der Waals surface area contributed by atoms with Gasteiger partial charge in [0, 0.05) is 6.20 Å². The van der Waals surface area contributed by atoms with Crippen LogP contribution in [-0.2, 0) is 6.42 Å². The Morgan fingerprint density at radius 2 is 2.33 bits per heavy atom. The number of nitrogens with zero attached hydrogens (tertiary/aromatic N) is 3. The van der Waals surface area contributed by atoms with Gasteiger partial charge in [-0.3, -0.25) is 0 Å². The Kier molecular flexibility index (Phi) is 1.74. The van der Waals surface area contributed by atoms with Gasteiger partial charge < -0.3 is 0 Å². The van der Waals surface area contributed by atoms with Crippen molar-refractivity contribution in [2.45, 2.75) is 19.8 Å². The van der Waals surface area contributed by atoms with E-state index in [0.717, 1.165) is 18.4 Å². The molecule has 12 heavy (non-hydrogen) atoms. The predicted molar refractivity (Wildman–Crippen MR) is 45.7 cm³/mol. The number of hydrogen-bond acceptors (Lipinski definition) is 3. The van der Waals surface area contributed by atoms with Crippen LogP contribution in [0.1, 0.15) is 18.9 Å². The summed E-state index contributed by atoms with van der Waals surface area (Å²) in [6, 6.07) is 2.02. The molecule has 2 aromatic heterocycles. The highest BCUT2D eigenvalue weighted by Gasteiger charge is 1.99. The van der Waals surface area contributed by atoms with Gasteiger partial charge in [-0.2, -0.15) is 10.3 Å². The molecule has 2 heterocycles. The van der Waals surface area contributed by atoms with Crippen LogP contribution < -0.4 is 0 Å². The summed E-state index contributed by atoms with van der Waals surface area (Å²) >= 11 is 0. The van der Waals surface area contributed by atoms with Gasteiger partial charge in [-0.05, 0) is 18.1 Å². The zero-order chi connectivity index (χ0) is 8.39. The monoisotopic (exact) mass is 162 g/mol. The van der Waals surface area contributed by atoms with Gasteiger partial charge in [-0.1, -0.05) is 13.3 Å². The molecular formula is C8H10N4. The SMILES string of the molecule is CCCc1cnc2n[nH]nc2c1. The Labute approximate surface area is 70.0 Å². The molecule has 0 bridgehead atoms. The van der Waals surface area contributed by atoms with Crippen LogP contribution in [0.5, 0.6) is 0 Å². The van der Waals surface area contributed by atoms with E-state index in [-0.39, 0.29) is 0 Å². The van der Waals surface area contributed by atoms with Crippen molar-refractivity contribution in [1.82, 2.24) is 20.4 Å². The molecular weight excluding hydrogens is 152 g/mol. The Bertz CT molecular complexity index is 379. The third-order valence-corrected chi connectivity index (χ3v) is 1.77. The Balaban J connectivity index is 2.46. The zero-order valence-electron chi connectivity index (χ0n) is 6.91. The first-order valence-electron chi connectivity index (χ1n) is 4.05. The minimum Gasteiger partial charge on any atom is -0.233 e. The van der Waals surface area contributed by atoms with E-state index in [2.05, 4.69) is 27.3 Å². The lowest BCUT2D eigenvalue weighted by molar-refractivity contribution is 0.917. The molecule has 4 nitrogen and oxygen atoms in total. The Hall–Kier alpha value is -1.45. The Morgan fingerprint density at radius 1 is 1.42 bits per heavy atom. The molecule has 62 valence electrons. The maximum absolute atomic E-state index is 4.15. The third kappa shape index (κ3) is 1.15. The van der Waals surface area contributed by atoms with Gasteiger partial charge >= 0.3 is 0 Å². The molecule has 0 aliphatic carbocycles. The molecule has 0 aliphatic rings. The van der Waals surface area contributed by atoms with Gasteiger partial charge in [0.25, 0.3) is 0 Å². The molecule has 0 radical (unpaired) electrons. The number of pyridine rings is 1. The van der Waals surface area contributed by atoms with Crippen LogP contribution in [0.2, 0.25) is 0 Å². The van der Waals surface area contributed by atoms with Crippen LogP contribution in [-0.4, -0.2) is 20.4 Å². The fraction of sp³-hybridized carbons (Fsp3) is 0.375. The molecule has 0 spiro atoms. The lowest BCUT2D eigenvalue weighted by Crippen LogP contribution is -1.85. The van der Waals surface area contributed by atoms with E-state index in [0.29, 0.717) is 5.65 Å². The Morgan fingerprint density at radius 3 is 3.17 bits per heavy atom. The second kappa shape index (κ2) is 2.89. The highest BCUT2D eigenvalue weighted by atomic mass is 15.3. The first-order chi connectivity index (χ1) is 5.90. The topological polar surface area (TPSA) is 54.5 Å². The van der Waals surface area contributed by atoms with Crippen LogP contribution >= 0.6 is 0 Å². The summed E-state index contributed by atoms with van der Waals surface area (Å²) in [5, 5.41) is 10.4. The predicted octanol–water partition coefficient (Wildman–Crippen LogP) is 1.31. The van der Waals surface area contributed by atoms with E-state index in [9.17, 15) is 0 Å². The van der Waals surface area contributed by atoms with Crippen LogP contribution in [0.3, 0.4) is 0 Å². The molecule has 0 saturated heterocycles. The number of rotatable bonds is 2. The average Bonchev–Trinajstić information content (AvgIpc) is 2.51. The smallest absolute Gasteiger partial charge is 0.201 e. The largest absolute Gasteiger partial charge is 0.233 e. The summed E-state index contributed by atoms with van der Waals surface area (Å²) in [6.07, 6.45) is 4.04. The standard InChI is InChI=1S/C8H10N4/c1-2-3-6-4-7-8(9-5-6)11-12-10-7/h4-5H,2-3H2,1H3,(H,9,10,11,12). The molecule has 0 amide bonds. The van der Waals surface area contributed by atoms with Crippen molar-refractivity contribution in [3.05, 3.63) is 17.8 Å². The van der Waals surface area contributed by atoms with Crippen LogP contribution in [0.15, 0.2) is 12.3 Å².